The van der Waals surface area contributed by atoms with Gasteiger partial charge in [-0.15, -0.1) is 0 Å². The first-order valence-corrected chi connectivity index (χ1v) is 8.10. The van der Waals surface area contributed by atoms with E-state index >= 15 is 0 Å². The van der Waals surface area contributed by atoms with E-state index in [1.807, 2.05) is 20.8 Å². The van der Waals surface area contributed by atoms with Crippen LogP contribution in [0.2, 0.25) is 0 Å². The Kier molecular flexibility index (Phi) is 4.01. The van der Waals surface area contributed by atoms with Gasteiger partial charge in [-0.3, -0.25) is 4.40 Å². The van der Waals surface area contributed by atoms with Crippen molar-refractivity contribution < 1.29 is 8.42 Å². The van der Waals surface area contributed by atoms with Crippen molar-refractivity contribution in [1.29, 1.82) is 0 Å². The van der Waals surface area contributed by atoms with Gasteiger partial charge in [-0.2, -0.15) is 0 Å². The van der Waals surface area contributed by atoms with Crippen LogP contribution in [-0.2, 0) is 10.0 Å². The first-order chi connectivity index (χ1) is 9.36. The van der Waals surface area contributed by atoms with E-state index in [9.17, 15) is 8.42 Å². The maximum atomic E-state index is 12.5. The largest absolute Gasteiger partial charge is 0.381 e. The van der Waals surface area contributed by atoms with Gasteiger partial charge in [-0.25, -0.2) is 18.1 Å². The number of nitrogens with two attached hydrogens (primary N) is 1. The van der Waals surface area contributed by atoms with Gasteiger partial charge in [0.15, 0.2) is 10.8 Å². The van der Waals surface area contributed by atoms with Gasteiger partial charge in [-0.05, 0) is 25.0 Å². The van der Waals surface area contributed by atoms with Crippen LogP contribution >= 0.6 is 0 Å². The van der Waals surface area contributed by atoms with E-state index in [0.29, 0.717) is 5.65 Å². The third-order valence-electron chi connectivity index (χ3n) is 3.60. The molecule has 2 rings (SSSR count). The smallest absolute Gasteiger partial charge is 0.260 e. The third-order valence-corrected chi connectivity index (χ3v) is 5.20. The molecule has 2 aromatic rings. The fourth-order valence-corrected chi connectivity index (χ4v) is 3.60. The maximum Gasteiger partial charge on any atom is 0.260 e. The summed E-state index contributed by atoms with van der Waals surface area (Å²) in [4.78, 5) is 4.07. The Bertz CT molecular complexity index is 708. The molecule has 20 heavy (non-hydrogen) atoms. The van der Waals surface area contributed by atoms with Gasteiger partial charge in [-0.1, -0.05) is 26.3 Å². The van der Waals surface area contributed by atoms with Crippen LogP contribution in [0.25, 0.3) is 5.65 Å². The number of nitrogens with zero attached hydrogens (tertiary/aromatic N) is 2. The molecule has 0 aliphatic heterocycles. The number of anilines is 1. The fourth-order valence-electron chi connectivity index (χ4n) is 2.03. The summed E-state index contributed by atoms with van der Waals surface area (Å²) in [6.07, 6.45) is 2.54. The molecule has 2 unspecified atom stereocenters. The second-order valence-corrected chi connectivity index (χ2v) is 6.66. The molecule has 2 atom stereocenters. The summed E-state index contributed by atoms with van der Waals surface area (Å²) in [6, 6.07) is 5.07. The molecular formula is C13H20N4O2S. The number of hydrogen-bond donors (Lipinski definition) is 2. The second-order valence-electron chi connectivity index (χ2n) is 5.03. The van der Waals surface area contributed by atoms with E-state index in [2.05, 4.69) is 9.71 Å². The van der Waals surface area contributed by atoms with Gasteiger partial charge < -0.3 is 5.73 Å². The predicted molar refractivity (Wildman–Crippen MR) is 78.8 cm³/mol. The lowest BCUT2D eigenvalue weighted by Gasteiger charge is -2.19. The number of fused-ring (bicyclic) bond motifs is 1. The Balaban J connectivity index is 2.44. The molecule has 6 nitrogen and oxygen atoms in total. The van der Waals surface area contributed by atoms with Crippen molar-refractivity contribution in [3.8, 4) is 0 Å². The Morgan fingerprint density at radius 3 is 2.75 bits per heavy atom. The van der Waals surface area contributed by atoms with Crippen molar-refractivity contribution >= 4 is 21.5 Å². The third kappa shape index (κ3) is 2.64. The zero-order chi connectivity index (χ0) is 14.9. The molecule has 110 valence electrons. The van der Waals surface area contributed by atoms with Gasteiger partial charge in [0.1, 0.15) is 5.65 Å². The summed E-state index contributed by atoms with van der Waals surface area (Å²) in [7, 11) is -3.70. The molecule has 2 heterocycles. The molecule has 0 aliphatic rings. The molecule has 0 saturated carbocycles. The Hall–Kier alpha value is -1.60. The number of hydrogen-bond acceptors (Lipinski definition) is 4. The average Bonchev–Trinajstić information content (AvgIpc) is 2.73. The summed E-state index contributed by atoms with van der Waals surface area (Å²) in [5.74, 6) is 0.255. The van der Waals surface area contributed by atoms with Gasteiger partial charge >= 0.3 is 0 Å². The highest BCUT2D eigenvalue weighted by atomic mass is 32.2. The number of nitrogens with one attached hydrogen (secondary N) is 1. The predicted octanol–water partition coefficient (Wildman–Crippen LogP) is 1.63. The molecule has 0 saturated heterocycles. The van der Waals surface area contributed by atoms with Crippen LogP contribution in [-0.4, -0.2) is 23.8 Å². The molecule has 0 radical (unpaired) electrons. The number of rotatable bonds is 5. The summed E-state index contributed by atoms with van der Waals surface area (Å²) in [6.45, 7) is 5.88. The lowest BCUT2D eigenvalue weighted by molar-refractivity contribution is 0.433. The van der Waals surface area contributed by atoms with Gasteiger partial charge in [0.25, 0.3) is 10.0 Å². The minimum atomic E-state index is -3.70. The highest BCUT2D eigenvalue weighted by Gasteiger charge is 2.26. The van der Waals surface area contributed by atoms with Crippen LogP contribution in [0.3, 0.4) is 0 Å². The first-order valence-electron chi connectivity index (χ1n) is 6.61. The molecule has 0 aromatic carbocycles. The summed E-state index contributed by atoms with van der Waals surface area (Å²) >= 11 is 0. The van der Waals surface area contributed by atoms with E-state index in [1.54, 1.807) is 24.4 Å². The van der Waals surface area contributed by atoms with Gasteiger partial charge in [0.05, 0.1) is 0 Å². The Morgan fingerprint density at radius 1 is 1.40 bits per heavy atom. The van der Waals surface area contributed by atoms with Gasteiger partial charge in [0, 0.05) is 12.2 Å². The number of imidazole rings is 1. The Morgan fingerprint density at radius 2 is 2.10 bits per heavy atom. The zero-order valence-corrected chi connectivity index (χ0v) is 12.7. The lowest BCUT2D eigenvalue weighted by atomic mass is 10.0. The van der Waals surface area contributed by atoms with Crippen molar-refractivity contribution in [3.63, 3.8) is 0 Å². The highest BCUT2D eigenvalue weighted by molar-refractivity contribution is 7.89. The minimum Gasteiger partial charge on any atom is -0.381 e. The van der Waals surface area contributed by atoms with Crippen molar-refractivity contribution in [2.75, 3.05) is 5.73 Å². The van der Waals surface area contributed by atoms with E-state index in [4.69, 9.17) is 5.73 Å². The van der Waals surface area contributed by atoms with Crippen LogP contribution < -0.4 is 10.5 Å². The molecule has 2 aromatic heterocycles. The Labute approximate surface area is 119 Å². The molecule has 0 fully saturated rings. The SMILES string of the molecule is CCC(C)C(C)NS(=O)(=O)c1c(N)nc2ccccn12. The van der Waals surface area contributed by atoms with Crippen molar-refractivity contribution in [3.05, 3.63) is 24.4 Å². The number of nitrogen functional groups attached to an aromatic ring is 1. The standard InChI is InChI=1S/C13H20N4O2S/c1-4-9(2)10(3)16-20(18,19)13-12(14)15-11-7-5-6-8-17(11)13/h5-10,16H,4,14H2,1-3H3. The molecule has 0 amide bonds. The first kappa shape index (κ1) is 14.8. The van der Waals surface area contributed by atoms with E-state index in [0.717, 1.165) is 6.42 Å². The molecule has 0 spiro atoms. The van der Waals surface area contributed by atoms with E-state index in [-0.39, 0.29) is 22.8 Å². The van der Waals surface area contributed by atoms with Crippen molar-refractivity contribution in [1.82, 2.24) is 14.1 Å². The number of sulfonamides is 1. The molecular weight excluding hydrogens is 276 g/mol. The van der Waals surface area contributed by atoms with Crippen LogP contribution in [0.15, 0.2) is 29.4 Å². The molecule has 0 bridgehead atoms. The molecule has 3 N–H and O–H groups in total. The average molecular weight is 296 g/mol. The van der Waals surface area contributed by atoms with E-state index in [1.165, 1.54) is 4.40 Å². The van der Waals surface area contributed by atoms with E-state index < -0.39 is 10.0 Å². The molecule has 7 heteroatoms. The second kappa shape index (κ2) is 5.41. The van der Waals surface area contributed by atoms with Crippen LogP contribution in [0.4, 0.5) is 5.82 Å². The summed E-state index contributed by atoms with van der Waals surface area (Å²) in [5.41, 5.74) is 6.29. The maximum absolute atomic E-state index is 12.5. The topological polar surface area (TPSA) is 89.5 Å². The highest BCUT2D eigenvalue weighted by Crippen LogP contribution is 2.21. The van der Waals surface area contributed by atoms with Crippen LogP contribution in [0.5, 0.6) is 0 Å². The number of pyridine rings is 1. The fraction of sp³-hybridized carbons (Fsp3) is 0.462. The molecule has 0 aliphatic carbocycles. The zero-order valence-electron chi connectivity index (χ0n) is 11.9. The van der Waals surface area contributed by atoms with Crippen LogP contribution in [0.1, 0.15) is 27.2 Å². The van der Waals surface area contributed by atoms with Crippen molar-refractivity contribution in [2.45, 2.75) is 38.3 Å². The summed E-state index contributed by atoms with van der Waals surface area (Å²) < 4.78 is 29.2. The lowest BCUT2D eigenvalue weighted by Crippen LogP contribution is -2.37. The van der Waals surface area contributed by atoms with Crippen molar-refractivity contribution in [2.24, 2.45) is 5.92 Å². The minimum absolute atomic E-state index is 0.00301. The van der Waals surface area contributed by atoms with Gasteiger partial charge in [0.2, 0.25) is 0 Å². The normalized spacial score (nSPS) is 15.3. The quantitative estimate of drug-likeness (QED) is 0.877. The van der Waals surface area contributed by atoms with Crippen LogP contribution in [0, 0.1) is 5.92 Å². The summed E-state index contributed by atoms with van der Waals surface area (Å²) in [5, 5.41) is 0.00301. The monoisotopic (exact) mass is 296 g/mol. The number of aromatic nitrogens is 2.